The number of hydrogen-bond acceptors (Lipinski definition) is 3. The molecule has 0 radical (unpaired) electrons. The van der Waals surface area contributed by atoms with Crippen molar-refractivity contribution in [2.75, 3.05) is 0 Å². The average Bonchev–Trinajstić information content (AvgIpc) is 3.92. The van der Waals surface area contributed by atoms with Gasteiger partial charge in [-0.05, 0) is 63.5 Å². The average molecular weight is 1020 g/mol. The van der Waals surface area contributed by atoms with Crippen molar-refractivity contribution >= 4 is 44.6 Å². The van der Waals surface area contributed by atoms with Crippen molar-refractivity contribution in [3.8, 4) is 45.3 Å². The van der Waals surface area contributed by atoms with Crippen LogP contribution in [0.5, 0.6) is 11.5 Å². The monoisotopic (exact) mass is 1020 g/mol. The standard InChI is InChI=1S/C57H36N4OS.Pt/c1-36-29-56(58-34-45(36)37-15-4-3-5-16-37)61-52-31-40(62-39-18-14-17-38(30-39)60-35-59(2)50-23-10-11-24-51(50)60)27-28-42(52)44-32-43-41-19-6-7-20-46(41)57(49(43)33-53(44)61)47-21-8-12-25-54(47)63-55-26-13-9-22-48(55)57;/h3-29,32-34H,1-2H3;/q-2;/i1D3;. The van der Waals surface area contributed by atoms with Gasteiger partial charge in [0.15, 0.2) is 0 Å². The Hall–Kier alpha value is -6.98. The van der Waals surface area contributed by atoms with E-state index in [1.807, 2.05) is 78.5 Å². The van der Waals surface area contributed by atoms with E-state index in [4.69, 9.17) is 13.8 Å². The minimum absolute atomic E-state index is 0.218. The quantitative estimate of drug-likeness (QED) is 0.161. The molecule has 7 heteroatoms. The van der Waals surface area contributed by atoms with Gasteiger partial charge in [-0.1, -0.05) is 103 Å². The van der Waals surface area contributed by atoms with Gasteiger partial charge >= 0.3 is 194 Å². The first-order valence-corrected chi connectivity index (χ1v) is 23.0. The van der Waals surface area contributed by atoms with E-state index in [0.29, 0.717) is 28.4 Å². The molecule has 0 saturated carbocycles. The second-order valence-corrected chi connectivity index (χ2v) is 18.4. The maximum atomic E-state index is 8.81. The van der Waals surface area contributed by atoms with Crippen LogP contribution in [-0.2, 0) is 31.8 Å². The van der Waals surface area contributed by atoms with Crippen molar-refractivity contribution < 1.29 is 28.2 Å². The third kappa shape index (κ3) is 5.36. The molecule has 1 spiro atoms. The molecule has 11 aromatic rings. The predicted octanol–water partition coefficient (Wildman–Crippen LogP) is 13.7. The summed E-state index contributed by atoms with van der Waals surface area (Å²) in [6.07, 6.45) is 1.70. The van der Waals surface area contributed by atoms with Crippen molar-refractivity contribution in [2.45, 2.75) is 22.1 Å². The summed E-state index contributed by atoms with van der Waals surface area (Å²) in [6, 6.07) is 67.8. The van der Waals surface area contributed by atoms with Crippen LogP contribution < -0.4 is 4.74 Å². The van der Waals surface area contributed by atoms with Crippen LogP contribution in [0.15, 0.2) is 192 Å². The third-order valence-electron chi connectivity index (χ3n) is 12.9. The number of aromatic nitrogens is 4. The molecule has 1 aliphatic carbocycles. The van der Waals surface area contributed by atoms with Crippen molar-refractivity contribution in [3.63, 3.8) is 0 Å². The Morgan fingerprint density at radius 2 is 1.30 bits per heavy atom. The van der Waals surface area contributed by atoms with Crippen LogP contribution in [0.1, 0.15) is 31.9 Å². The Morgan fingerprint density at radius 1 is 0.594 bits per heavy atom. The van der Waals surface area contributed by atoms with Crippen LogP contribution in [0.25, 0.3) is 66.6 Å². The van der Waals surface area contributed by atoms with E-state index in [-0.39, 0.29) is 5.56 Å². The first kappa shape index (κ1) is 34.5. The second-order valence-electron chi connectivity index (χ2n) is 16.3. The Labute approximate surface area is 389 Å². The zero-order chi connectivity index (χ0) is 45.2. The summed E-state index contributed by atoms with van der Waals surface area (Å²) in [5, 5.41) is 1.93. The molecule has 0 saturated heterocycles. The molecule has 3 aromatic heterocycles. The van der Waals surface area contributed by atoms with E-state index in [1.165, 1.54) is 32.0 Å². The fraction of sp³-hybridized carbons (Fsp3) is 0.0526. The number of fused-ring (bicyclic) bond motifs is 13. The molecule has 308 valence electrons. The summed E-state index contributed by atoms with van der Waals surface area (Å²) in [5.41, 5.74) is 12.8. The van der Waals surface area contributed by atoms with Gasteiger partial charge in [0.25, 0.3) is 0 Å². The summed E-state index contributed by atoms with van der Waals surface area (Å²) in [6.45, 7) is -2.43. The summed E-state index contributed by atoms with van der Waals surface area (Å²) < 4.78 is 40.6. The fourth-order valence-corrected chi connectivity index (χ4v) is 12.2. The van der Waals surface area contributed by atoms with Gasteiger partial charge < -0.3 is 0 Å². The summed E-state index contributed by atoms with van der Waals surface area (Å²) in [4.78, 5) is 7.55. The van der Waals surface area contributed by atoms with E-state index < -0.39 is 12.3 Å². The van der Waals surface area contributed by atoms with Crippen LogP contribution in [0.3, 0.4) is 0 Å². The van der Waals surface area contributed by atoms with Gasteiger partial charge in [0, 0.05) is 25.7 Å². The maximum absolute atomic E-state index is 8.81. The van der Waals surface area contributed by atoms with Crippen LogP contribution in [0, 0.1) is 22.8 Å². The molecule has 13 rings (SSSR count). The minimum atomic E-state index is -2.43. The number of ether oxygens (including phenoxy) is 1. The molecule has 5 nitrogen and oxygen atoms in total. The number of aryl methyl sites for hydroxylation is 2. The van der Waals surface area contributed by atoms with Crippen molar-refractivity contribution in [1.82, 2.24) is 18.7 Å². The number of benzene rings is 8. The topological polar surface area (TPSA) is 36.9 Å². The van der Waals surface area contributed by atoms with Crippen LogP contribution in [0.4, 0.5) is 0 Å². The van der Waals surface area contributed by atoms with E-state index in [9.17, 15) is 0 Å². The third-order valence-corrected chi connectivity index (χ3v) is 15.4. The first-order chi connectivity index (χ1) is 32.7. The van der Waals surface area contributed by atoms with Crippen LogP contribution >= 0.6 is 11.8 Å². The van der Waals surface area contributed by atoms with Crippen molar-refractivity contribution in [3.05, 3.63) is 226 Å². The van der Waals surface area contributed by atoms with Crippen molar-refractivity contribution in [1.29, 1.82) is 0 Å². The number of nitrogens with zero attached hydrogens (tertiary/aromatic N) is 4. The molecule has 2 aliphatic rings. The minimum Gasteiger partial charge on any atom is -0.0894 e. The molecule has 64 heavy (non-hydrogen) atoms. The van der Waals surface area contributed by atoms with Crippen LogP contribution in [0.2, 0.25) is 0 Å². The Morgan fingerprint density at radius 3 is 2.09 bits per heavy atom. The zero-order valence-corrected chi connectivity index (χ0v) is 37.3. The van der Waals surface area contributed by atoms with Gasteiger partial charge in [0.05, 0.1) is 5.41 Å². The predicted molar refractivity (Wildman–Crippen MR) is 253 cm³/mol. The first-order valence-electron chi connectivity index (χ1n) is 22.6. The molecule has 8 aromatic carbocycles. The number of rotatable bonds is 5. The molecule has 0 atom stereocenters. The fourth-order valence-electron chi connectivity index (χ4n) is 10.2. The van der Waals surface area contributed by atoms with Gasteiger partial charge in [0.1, 0.15) is 0 Å². The van der Waals surface area contributed by atoms with E-state index in [2.05, 4.69) is 155 Å². The van der Waals surface area contributed by atoms with Gasteiger partial charge in [-0.25, -0.2) is 0 Å². The summed E-state index contributed by atoms with van der Waals surface area (Å²) >= 11 is 4.17. The molecule has 0 amide bonds. The molecule has 0 unspecified atom stereocenters. The number of para-hydroxylation sites is 2. The number of pyridine rings is 1. The summed E-state index contributed by atoms with van der Waals surface area (Å²) in [5.74, 6) is 1.49. The summed E-state index contributed by atoms with van der Waals surface area (Å²) in [7, 11) is 2.06. The number of hydrogen-bond donors (Lipinski definition) is 0. The molecular formula is C57H36N4OPtS-2. The van der Waals surface area contributed by atoms with Crippen LogP contribution in [-0.4, -0.2) is 18.7 Å². The van der Waals surface area contributed by atoms with Gasteiger partial charge in [0.2, 0.25) is 0 Å². The Bertz CT molecular complexity index is 3880. The smallest absolute Gasteiger partial charge is 0.0894 e. The second kappa shape index (κ2) is 14.3. The Balaban J connectivity index is 1.07. The van der Waals surface area contributed by atoms with Crippen molar-refractivity contribution in [2.24, 2.45) is 7.05 Å². The van der Waals surface area contributed by atoms with Gasteiger partial charge in [-0.2, -0.15) is 0 Å². The van der Waals surface area contributed by atoms with Gasteiger partial charge in [-0.15, -0.1) is 0 Å². The Kier molecular flexibility index (Phi) is 7.69. The van der Waals surface area contributed by atoms with E-state index >= 15 is 0 Å². The molecule has 0 N–H and O–H groups in total. The SMILES string of the molecule is [2H]C([2H])([2H])c1cc(-n2c3[c-]c(Oc4[c-]c(-n5[c](=[Pt])n(C)c6ccccc65)ccc4)ccc3c3cc4c(cc32)C2(c3ccccc3Sc3ccccc32)c2ccccc2-4)ncc1-c1ccccc1. The molecule has 0 bridgehead atoms. The van der Waals surface area contributed by atoms with E-state index in [1.54, 1.807) is 12.3 Å². The molecular weight excluding hydrogens is 984 g/mol. The molecule has 4 heterocycles. The van der Waals surface area contributed by atoms with Gasteiger partial charge in [-0.3, -0.25) is 0 Å². The van der Waals surface area contributed by atoms with E-state index in [0.717, 1.165) is 53.5 Å². The molecule has 0 fully saturated rings. The normalized spacial score (nSPS) is 14.2. The zero-order valence-electron chi connectivity index (χ0n) is 37.2. The molecule has 1 aliphatic heterocycles. The number of imidazole rings is 1.